The van der Waals surface area contributed by atoms with Crippen molar-refractivity contribution in [3.8, 4) is 0 Å². The summed E-state index contributed by atoms with van der Waals surface area (Å²) in [7, 11) is 1.72. The lowest BCUT2D eigenvalue weighted by Crippen LogP contribution is -2.41. The van der Waals surface area contributed by atoms with E-state index in [9.17, 15) is 14.7 Å². The Hall–Kier alpha value is -1.82. The van der Waals surface area contributed by atoms with E-state index in [1.54, 1.807) is 29.9 Å². The normalized spacial score (nSPS) is 24.0. The molecule has 6 nitrogen and oxygen atoms in total. The highest BCUT2D eigenvalue weighted by Crippen LogP contribution is 2.20. The number of aromatic nitrogens is 1. The van der Waals surface area contributed by atoms with Gasteiger partial charge in [-0.1, -0.05) is 0 Å². The van der Waals surface area contributed by atoms with E-state index in [1.807, 2.05) is 0 Å². The standard InChI is InChI=1S/C11H14N2O4/c1-12-4-2-3-8(12)10(15)13-6-7(14)5-9(13)11(16)17/h2-4,7,9,14H,5-6H2,1H3,(H,16,17). The number of aliphatic hydroxyl groups excluding tert-OH is 1. The van der Waals surface area contributed by atoms with Crippen LogP contribution in [0.5, 0.6) is 0 Å². The van der Waals surface area contributed by atoms with Gasteiger partial charge in [-0.05, 0) is 12.1 Å². The van der Waals surface area contributed by atoms with Crippen LogP contribution in [0.2, 0.25) is 0 Å². The molecule has 17 heavy (non-hydrogen) atoms. The van der Waals surface area contributed by atoms with Crippen molar-refractivity contribution >= 4 is 11.9 Å². The molecule has 0 aliphatic carbocycles. The Morgan fingerprint density at radius 2 is 2.18 bits per heavy atom. The number of aliphatic hydroxyl groups is 1. The molecule has 1 amide bonds. The van der Waals surface area contributed by atoms with E-state index in [2.05, 4.69) is 0 Å². The number of hydrogen-bond acceptors (Lipinski definition) is 3. The maximum atomic E-state index is 12.1. The van der Waals surface area contributed by atoms with Gasteiger partial charge in [-0.25, -0.2) is 4.79 Å². The molecule has 0 aromatic carbocycles. The summed E-state index contributed by atoms with van der Waals surface area (Å²) in [6, 6.07) is 2.41. The van der Waals surface area contributed by atoms with Crippen molar-refractivity contribution in [2.24, 2.45) is 7.05 Å². The molecular weight excluding hydrogens is 224 g/mol. The number of carbonyl (C=O) groups excluding carboxylic acids is 1. The summed E-state index contributed by atoms with van der Waals surface area (Å²) in [5, 5.41) is 18.5. The van der Waals surface area contributed by atoms with Crippen molar-refractivity contribution in [1.82, 2.24) is 9.47 Å². The summed E-state index contributed by atoms with van der Waals surface area (Å²) >= 11 is 0. The highest BCUT2D eigenvalue weighted by Gasteiger charge is 2.39. The Balaban J connectivity index is 2.25. The SMILES string of the molecule is Cn1cccc1C(=O)N1CC(O)CC1C(=O)O. The van der Waals surface area contributed by atoms with Gasteiger partial charge in [0.05, 0.1) is 6.10 Å². The van der Waals surface area contributed by atoms with Crippen molar-refractivity contribution in [3.05, 3.63) is 24.0 Å². The Bertz CT molecular complexity index is 454. The molecule has 1 aliphatic heterocycles. The van der Waals surface area contributed by atoms with Crippen molar-refractivity contribution in [1.29, 1.82) is 0 Å². The van der Waals surface area contributed by atoms with E-state index in [-0.39, 0.29) is 18.9 Å². The lowest BCUT2D eigenvalue weighted by molar-refractivity contribution is -0.141. The first-order valence-corrected chi connectivity index (χ1v) is 5.34. The summed E-state index contributed by atoms with van der Waals surface area (Å²) in [5.74, 6) is -1.44. The van der Waals surface area contributed by atoms with Crippen LogP contribution in [0, 0.1) is 0 Å². The van der Waals surface area contributed by atoms with E-state index in [0.717, 1.165) is 0 Å². The lowest BCUT2D eigenvalue weighted by atomic mass is 10.2. The first kappa shape index (κ1) is 11.7. The van der Waals surface area contributed by atoms with E-state index < -0.39 is 18.1 Å². The molecule has 2 rings (SSSR count). The fourth-order valence-electron chi connectivity index (χ4n) is 2.10. The fourth-order valence-corrected chi connectivity index (χ4v) is 2.10. The zero-order valence-corrected chi connectivity index (χ0v) is 9.41. The molecule has 1 fully saturated rings. The van der Waals surface area contributed by atoms with Gasteiger partial charge in [0.15, 0.2) is 0 Å². The van der Waals surface area contributed by atoms with Gasteiger partial charge < -0.3 is 19.7 Å². The molecule has 2 unspecified atom stereocenters. The predicted octanol–water partition coefficient (Wildman–Crippen LogP) is -0.315. The molecule has 0 radical (unpaired) electrons. The molecule has 0 saturated carbocycles. The number of rotatable bonds is 2. The minimum Gasteiger partial charge on any atom is -0.480 e. The molecule has 0 bridgehead atoms. The molecule has 1 aromatic heterocycles. The number of carboxylic acids is 1. The van der Waals surface area contributed by atoms with E-state index >= 15 is 0 Å². The Labute approximate surface area is 98.1 Å². The summed E-state index contributed by atoms with van der Waals surface area (Å²) in [4.78, 5) is 24.3. The molecule has 1 aliphatic rings. The molecule has 0 spiro atoms. The van der Waals surface area contributed by atoms with E-state index in [1.165, 1.54) is 4.90 Å². The number of aliphatic carboxylic acids is 1. The van der Waals surface area contributed by atoms with Crippen molar-refractivity contribution in [3.63, 3.8) is 0 Å². The highest BCUT2D eigenvalue weighted by molar-refractivity contribution is 5.95. The van der Waals surface area contributed by atoms with E-state index in [0.29, 0.717) is 5.69 Å². The minimum absolute atomic E-state index is 0.0704. The van der Waals surface area contributed by atoms with Crippen LogP contribution < -0.4 is 0 Å². The topological polar surface area (TPSA) is 82.8 Å². The average Bonchev–Trinajstić information content (AvgIpc) is 2.83. The van der Waals surface area contributed by atoms with Crippen LogP contribution in [0.3, 0.4) is 0 Å². The second-order valence-corrected chi connectivity index (χ2v) is 4.21. The van der Waals surface area contributed by atoms with Crippen molar-refractivity contribution in [2.45, 2.75) is 18.6 Å². The molecule has 1 saturated heterocycles. The van der Waals surface area contributed by atoms with Crippen LogP contribution in [-0.4, -0.2) is 50.2 Å². The van der Waals surface area contributed by atoms with Crippen LogP contribution in [-0.2, 0) is 11.8 Å². The van der Waals surface area contributed by atoms with Gasteiger partial charge >= 0.3 is 5.97 Å². The lowest BCUT2D eigenvalue weighted by Gasteiger charge is -2.21. The van der Waals surface area contributed by atoms with Gasteiger partial charge in [0.2, 0.25) is 0 Å². The average molecular weight is 238 g/mol. The van der Waals surface area contributed by atoms with Gasteiger partial charge in [0, 0.05) is 26.2 Å². The smallest absolute Gasteiger partial charge is 0.326 e. The predicted molar refractivity (Wildman–Crippen MR) is 58.5 cm³/mol. The first-order chi connectivity index (χ1) is 8.00. The van der Waals surface area contributed by atoms with Gasteiger partial charge in [-0.2, -0.15) is 0 Å². The molecule has 1 aromatic rings. The zero-order valence-electron chi connectivity index (χ0n) is 9.41. The maximum absolute atomic E-state index is 12.1. The Morgan fingerprint density at radius 3 is 2.71 bits per heavy atom. The Morgan fingerprint density at radius 1 is 1.47 bits per heavy atom. The second-order valence-electron chi connectivity index (χ2n) is 4.21. The van der Waals surface area contributed by atoms with Crippen LogP contribution in [0.15, 0.2) is 18.3 Å². The van der Waals surface area contributed by atoms with Crippen LogP contribution in [0.1, 0.15) is 16.9 Å². The molecule has 2 N–H and O–H groups in total. The number of hydrogen-bond donors (Lipinski definition) is 2. The molecule has 92 valence electrons. The van der Waals surface area contributed by atoms with Gasteiger partial charge in [0.1, 0.15) is 11.7 Å². The first-order valence-electron chi connectivity index (χ1n) is 5.34. The number of amides is 1. The quantitative estimate of drug-likeness (QED) is 0.740. The summed E-state index contributed by atoms with van der Waals surface area (Å²) < 4.78 is 1.63. The van der Waals surface area contributed by atoms with Gasteiger partial charge in [-0.3, -0.25) is 4.79 Å². The monoisotopic (exact) mass is 238 g/mol. The van der Waals surface area contributed by atoms with Gasteiger partial charge in [-0.15, -0.1) is 0 Å². The van der Waals surface area contributed by atoms with Crippen LogP contribution in [0.4, 0.5) is 0 Å². The number of β-amino-alcohol motifs (C(OH)–C–C–N with tert-alkyl or cyclic N) is 1. The number of likely N-dealkylation sites (tertiary alicyclic amines) is 1. The third-order valence-electron chi connectivity index (χ3n) is 2.99. The third kappa shape index (κ3) is 2.03. The molecular formula is C11H14N2O4. The summed E-state index contributed by atoms with van der Waals surface area (Å²) in [6.45, 7) is 0.0704. The van der Waals surface area contributed by atoms with Gasteiger partial charge in [0.25, 0.3) is 5.91 Å². The zero-order chi connectivity index (χ0) is 12.6. The van der Waals surface area contributed by atoms with Crippen LogP contribution >= 0.6 is 0 Å². The van der Waals surface area contributed by atoms with E-state index in [4.69, 9.17) is 5.11 Å². The largest absolute Gasteiger partial charge is 0.480 e. The highest BCUT2D eigenvalue weighted by atomic mass is 16.4. The van der Waals surface area contributed by atoms with Crippen LogP contribution in [0.25, 0.3) is 0 Å². The number of carboxylic acid groups (broad SMARTS) is 1. The van der Waals surface area contributed by atoms with Crippen molar-refractivity contribution < 1.29 is 19.8 Å². The number of nitrogens with zero attached hydrogens (tertiary/aromatic N) is 2. The molecule has 6 heteroatoms. The molecule has 2 heterocycles. The number of aryl methyl sites for hydroxylation is 1. The molecule has 2 atom stereocenters. The number of carbonyl (C=O) groups is 2. The maximum Gasteiger partial charge on any atom is 0.326 e. The summed E-state index contributed by atoms with van der Waals surface area (Å²) in [5.41, 5.74) is 0.422. The van der Waals surface area contributed by atoms with Crippen molar-refractivity contribution in [2.75, 3.05) is 6.54 Å². The summed E-state index contributed by atoms with van der Waals surface area (Å²) in [6.07, 6.45) is 1.04. The third-order valence-corrected chi connectivity index (χ3v) is 2.99. The Kier molecular flexibility index (Phi) is 2.89. The minimum atomic E-state index is -1.08. The second kappa shape index (κ2) is 4.21. The fraction of sp³-hybridized carbons (Fsp3) is 0.455.